The van der Waals surface area contributed by atoms with Gasteiger partial charge in [0.15, 0.2) is 11.5 Å². The van der Waals surface area contributed by atoms with Gasteiger partial charge in [0.25, 0.3) is 0 Å². The Morgan fingerprint density at radius 1 is 1.00 bits per heavy atom. The fourth-order valence-electron chi connectivity index (χ4n) is 2.46. The van der Waals surface area contributed by atoms with Crippen molar-refractivity contribution >= 4 is 15.9 Å². The molecule has 21 heavy (non-hydrogen) atoms. The standard InChI is InChI=1S/C17H18BrNO2/c1-17(19,12-4-2-5-14(18)10-12)13-6-7-15-16(11-13)21-9-3-8-20-15/h2,4-7,10-11H,3,8-9,19H2,1H3. The van der Waals surface area contributed by atoms with Gasteiger partial charge < -0.3 is 15.2 Å². The number of nitrogens with two attached hydrogens (primary N) is 1. The van der Waals surface area contributed by atoms with Crippen molar-refractivity contribution in [2.75, 3.05) is 13.2 Å². The van der Waals surface area contributed by atoms with Gasteiger partial charge in [-0.25, -0.2) is 0 Å². The summed E-state index contributed by atoms with van der Waals surface area (Å²) in [6.45, 7) is 3.38. The third kappa shape index (κ3) is 2.92. The zero-order valence-electron chi connectivity index (χ0n) is 11.9. The van der Waals surface area contributed by atoms with E-state index >= 15 is 0 Å². The second kappa shape index (κ2) is 5.70. The normalized spacial score (nSPS) is 16.9. The van der Waals surface area contributed by atoms with Crippen LogP contribution in [0.5, 0.6) is 11.5 Å². The highest BCUT2D eigenvalue weighted by Gasteiger charge is 2.25. The minimum atomic E-state index is -0.589. The van der Waals surface area contributed by atoms with Gasteiger partial charge in [0.1, 0.15) is 0 Å². The molecule has 0 amide bonds. The minimum Gasteiger partial charge on any atom is -0.490 e. The number of hydrogen-bond acceptors (Lipinski definition) is 3. The summed E-state index contributed by atoms with van der Waals surface area (Å²) < 4.78 is 12.4. The largest absolute Gasteiger partial charge is 0.490 e. The topological polar surface area (TPSA) is 44.5 Å². The van der Waals surface area contributed by atoms with E-state index in [1.807, 2.05) is 49.4 Å². The van der Waals surface area contributed by atoms with Crippen LogP contribution in [0.3, 0.4) is 0 Å². The zero-order valence-corrected chi connectivity index (χ0v) is 13.5. The molecule has 1 unspecified atom stereocenters. The predicted octanol–water partition coefficient (Wildman–Crippen LogP) is 3.83. The summed E-state index contributed by atoms with van der Waals surface area (Å²) in [5.41, 5.74) is 8.05. The van der Waals surface area contributed by atoms with Gasteiger partial charge in [0.05, 0.1) is 18.8 Å². The van der Waals surface area contributed by atoms with E-state index in [0.717, 1.165) is 33.5 Å². The first kappa shape index (κ1) is 14.4. The molecule has 1 aliphatic heterocycles. The molecule has 2 aromatic rings. The summed E-state index contributed by atoms with van der Waals surface area (Å²) in [5, 5.41) is 0. The fraction of sp³-hybridized carbons (Fsp3) is 0.294. The third-order valence-electron chi connectivity index (χ3n) is 3.77. The Labute approximate surface area is 133 Å². The Morgan fingerprint density at radius 2 is 1.71 bits per heavy atom. The van der Waals surface area contributed by atoms with Crippen molar-refractivity contribution in [3.8, 4) is 11.5 Å². The van der Waals surface area contributed by atoms with Crippen molar-refractivity contribution in [1.29, 1.82) is 0 Å². The van der Waals surface area contributed by atoms with Gasteiger partial charge in [-0.1, -0.05) is 34.1 Å². The average molecular weight is 348 g/mol. The van der Waals surface area contributed by atoms with Crippen LogP contribution in [-0.4, -0.2) is 13.2 Å². The molecule has 0 aromatic heterocycles. The lowest BCUT2D eigenvalue weighted by Crippen LogP contribution is -2.34. The van der Waals surface area contributed by atoms with E-state index in [1.165, 1.54) is 0 Å². The third-order valence-corrected chi connectivity index (χ3v) is 4.26. The molecule has 1 heterocycles. The Bertz CT molecular complexity index is 655. The molecule has 110 valence electrons. The Morgan fingerprint density at radius 3 is 2.48 bits per heavy atom. The van der Waals surface area contributed by atoms with E-state index in [2.05, 4.69) is 15.9 Å². The van der Waals surface area contributed by atoms with Gasteiger partial charge in [-0.2, -0.15) is 0 Å². The molecule has 4 heteroatoms. The fourth-order valence-corrected chi connectivity index (χ4v) is 2.86. The van der Waals surface area contributed by atoms with E-state index in [4.69, 9.17) is 15.2 Å². The molecule has 1 atom stereocenters. The van der Waals surface area contributed by atoms with Crippen molar-refractivity contribution in [2.24, 2.45) is 5.73 Å². The Balaban J connectivity index is 2.01. The first-order valence-electron chi connectivity index (χ1n) is 7.02. The number of rotatable bonds is 2. The molecular formula is C17H18BrNO2. The molecule has 0 saturated heterocycles. The van der Waals surface area contributed by atoms with Crippen LogP contribution in [-0.2, 0) is 5.54 Å². The lowest BCUT2D eigenvalue weighted by molar-refractivity contribution is 0.297. The van der Waals surface area contributed by atoms with Crippen LogP contribution in [0.15, 0.2) is 46.9 Å². The van der Waals surface area contributed by atoms with Crippen molar-refractivity contribution in [1.82, 2.24) is 0 Å². The first-order chi connectivity index (χ1) is 10.1. The van der Waals surface area contributed by atoms with Crippen LogP contribution in [0.1, 0.15) is 24.5 Å². The quantitative estimate of drug-likeness (QED) is 0.897. The second-order valence-corrected chi connectivity index (χ2v) is 6.34. The predicted molar refractivity (Wildman–Crippen MR) is 86.8 cm³/mol. The van der Waals surface area contributed by atoms with Crippen molar-refractivity contribution in [3.63, 3.8) is 0 Å². The van der Waals surface area contributed by atoms with Crippen LogP contribution in [0, 0.1) is 0 Å². The summed E-state index contributed by atoms with van der Waals surface area (Å²) in [6, 6.07) is 14.0. The second-order valence-electron chi connectivity index (χ2n) is 5.42. The molecule has 3 rings (SSSR count). The van der Waals surface area contributed by atoms with Gasteiger partial charge in [-0.05, 0) is 42.3 Å². The molecule has 0 bridgehead atoms. The van der Waals surface area contributed by atoms with E-state index < -0.39 is 5.54 Å². The average Bonchev–Trinajstić information content (AvgIpc) is 2.71. The maximum atomic E-state index is 6.58. The van der Waals surface area contributed by atoms with E-state index in [9.17, 15) is 0 Å². The monoisotopic (exact) mass is 347 g/mol. The van der Waals surface area contributed by atoms with Gasteiger partial charge in [0, 0.05) is 10.9 Å². The molecule has 0 fully saturated rings. The van der Waals surface area contributed by atoms with Gasteiger partial charge in [-0.15, -0.1) is 0 Å². The maximum absolute atomic E-state index is 6.58. The summed E-state index contributed by atoms with van der Waals surface area (Å²) in [7, 11) is 0. The Kier molecular flexibility index (Phi) is 3.91. The molecule has 0 radical (unpaired) electrons. The van der Waals surface area contributed by atoms with E-state index in [1.54, 1.807) is 0 Å². The summed E-state index contributed by atoms with van der Waals surface area (Å²) >= 11 is 3.50. The van der Waals surface area contributed by atoms with Crippen molar-refractivity contribution < 1.29 is 9.47 Å². The Hall–Kier alpha value is -1.52. The highest BCUT2D eigenvalue weighted by Crippen LogP contribution is 2.36. The van der Waals surface area contributed by atoms with Crippen LogP contribution in [0.25, 0.3) is 0 Å². The van der Waals surface area contributed by atoms with Gasteiger partial charge in [-0.3, -0.25) is 0 Å². The number of hydrogen-bond donors (Lipinski definition) is 1. The maximum Gasteiger partial charge on any atom is 0.161 e. The molecule has 2 N–H and O–H groups in total. The zero-order chi connectivity index (χ0) is 14.9. The molecular weight excluding hydrogens is 330 g/mol. The number of benzene rings is 2. The smallest absolute Gasteiger partial charge is 0.161 e. The van der Waals surface area contributed by atoms with Crippen molar-refractivity contribution in [3.05, 3.63) is 58.1 Å². The van der Waals surface area contributed by atoms with E-state index in [0.29, 0.717) is 13.2 Å². The summed E-state index contributed by atoms with van der Waals surface area (Å²) in [5.74, 6) is 1.57. The number of ether oxygens (including phenoxy) is 2. The lowest BCUT2D eigenvalue weighted by Gasteiger charge is -2.27. The summed E-state index contributed by atoms with van der Waals surface area (Å²) in [4.78, 5) is 0. The lowest BCUT2D eigenvalue weighted by atomic mass is 9.85. The minimum absolute atomic E-state index is 0.589. The van der Waals surface area contributed by atoms with E-state index in [-0.39, 0.29) is 0 Å². The van der Waals surface area contributed by atoms with Crippen LogP contribution < -0.4 is 15.2 Å². The molecule has 2 aromatic carbocycles. The molecule has 0 aliphatic carbocycles. The van der Waals surface area contributed by atoms with Crippen LogP contribution in [0.4, 0.5) is 0 Å². The van der Waals surface area contributed by atoms with Crippen molar-refractivity contribution in [2.45, 2.75) is 18.9 Å². The molecule has 3 nitrogen and oxygen atoms in total. The summed E-state index contributed by atoms with van der Waals surface area (Å²) in [6.07, 6.45) is 0.898. The van der Waals surface area contributed by atoms with Crippen LogP contribution >= 0.6 is 15.9 Å². The van der Waals surface area contributed by atoms with Crippen LogP contribution in [0.2, 0.25) is 0 Å². The number of halogens is 1. The molecule has 0 saturated carbocycles. The molecule has 1 aliphatic rings. The molecule has 0 spiro atoms. The number of fused-ring (bicyclic) bond motifs is 1. The highest BCUT2D eigenvalue weighted by atomic mass is 79.9. The highest BCUT2D eigenvalue weighted by molar-refractivity contribution is 9.10. The first-order valence-corrected chi connectivity index (χ1v) is 7.82. The SMILES string of the molecule is CC(N)(c1cccc(Br)c1)c1ccc2c(c1)OCCCO2. The van der Waals surface area contributed by atoms with Gasteiger partial charge >= 0.3 is 0 Å². The van der Waals surface area contributed by atoms with Gasteiger partial charge in [0.2, 0.25) is 0 Å².